The van der Waals surface area contributed by atoms with E-state index >= 15 is 0 Å². The molecule has 1 nitrogen and oxygen atoms in total. The van der Waals surface area contributed by atoms with Crippen LogP contribution in [-0.2, 0) is 4.74 Å². The summed E-state index contributed by atoms with van der Waals surface area (Å²) >= 11 is 0. The molecule has 1 aliphatic carbocycles. The molecular formula is C12H22O. The van der Waals surface area contributed by atoms with Crippen molar-refractivity contribution in [1.82, 2.24) is 0 Å². The first-order valence-electron chi connectivity index (χ1n) is 5.50. The number of rotatable bonds is 4. The fraction of sp³-hybridized carbons (Fsp3) is 0.833. The second-order valence-corrected chi connectivity index (χ2v) is 4.30. The Balaban J connectivity index is 2.45. The highest BCUT2D eigenvalue weighted by Gasteiger charge is 2.31. The minimum atomic E-state index is 0.0164. The van der Waals surface area contributed by atoms with Gasteiger partial charge in [0, 0.05) is 6.61 Å². The molecule has 13 heavy (non-hydrogen) atoms. The third-order valence-electron chi connectivity index (χ3n) is 3.09. The maximum Gasteiger partial charge on any atom is 0.0860 e. The fourth-order valence-corrected chi connectivity index (χ4v) is 1.96. The summed E-state index contributed by atoms with van der Waals surface area (Å²) in [6, 6.07) is 0. The highest BCUT2D eigenvalue weighted by molar-refractivity contribution is 5.00. The van der Waals surface area contributed by atoms with E-state index in [1.165, 1.54) is 12.8 Å². The zero-order valence-electron chi connectivity index (χ0n) is 9.01. The van der Waals surface area contributed by atoms with Gasteiger partial charge in [0.2, 0.25) is 0 Å². The van der Waals surface area contributed by atoms with Crippen molar-refractivity contribution < 1.29 is 4.74 Å². The number of hydrogen-bond acceptors (Lipinski definition) is 1. The van der Waals surface area contributed by atoms with Gasteiger partial charge in [0.1, 0.15) is 0 Å². The van der Waals surface area contributed by atoms with E-state index in [0.29, 0.717) is 0 Å². The van der Waals surface area contributed by atoms with Crippen LogP contribution in [0.4, 0.5) is 0 Å². The largest absolute Gasteiger partial charge is 0.371 e. The minimum Gasteiger partial charge on any atom is -0.371 e. The SMILES string of the molecule is C=CC1(OCCC)CCC(C)CC1. The molecule has 0 unspecified atom stereocenters. The maximum atomic E-state index is 5.90. The molecule has 0 radical (unpaired) electrons. The van der Waals surface area contributed by atoms with Crippen LogP contribution in [0, 0.1) is 5.92 Å². The van der Waals surface area contributed by atoms with E-state index in [-0.39, 0.29) is 5.60 Å². The molecule has 0 aromatic heterocycles. The second-order valence-electron chi connectivity index (χ2n) is 4.30. The first kappa shape index (κ1) is 10.8. The number of ether oxygens (including phenoxy) is 1. The van der Waals surface area contributed by atoms with Gasteiger partial charge >= 0.3 is 0 Å². The van der Waals surface area contributed by atoms with Crippen molar-refractivity contribution in [3.05, 3.63) is 12.7 Å². The summed E-state index contributed by atoms with van der Waals surface area (Å²) in [5, 5.41) is 0. The summed E-state index contributed by atoms with van der Waals surface area (Å²) in [5.41, 5.74) is 0.0164. The molecule has 1 heteroatoms. The summed E-state index contributed by atoms with van der Waals surface area (Å²) in [5.74, 6) is 0.873. The van der Waals surface area contributed by atoms with Crippen LogP contribution in [0.1, 0.15) is 46.0 Å². The first-order chi connectivity index (χ1) is 6.22. The first-order valence-corrected chi connectivity index (χ1v) is 5.50. The Morgan fingerprint density at radius 2 is 2.08 bits per heavy atom. The number of hydrogen-bond donors (Lipinski definition) is 0. The Morgan fingerprint density at radius 3 is 2.54 bits per heavy atom. The second kappa shape index (κ2) is 4.80. The van der Waals surface area contributed by atoms with Gasteiger partial charge in [0.05, 0.1) is 5.60 Å². The highest BCUT2D eigenvalue weighted by atomic mass is 16.5. The third-order valence-corrected chi connectivity index (χ3v) is 3.09. The van der Waals surface area contributed by atoms with Crippen LogP contribution in [0.5, 0.6) is 0 Å². The summed E-state index contributed by atoms with van der Waals surface area (Å²) in [6.07, 6.45) is 8.03. The molecule has 0 N–H and O–H groups in total. The van der Waals surface area contributed by atoms with Crippen molar-refractivity contribution >= 4 is 0 Å². The van der Waals surface area contributed by atoms with E-state index in [9.17, 15) is 0 Å². The van der Waals surface area contributed by atoms with Crippen molar-refractivity contribution in [1.29, 1.82) is 0 Å². The summed E-state index contributed by atoms with van der Waals surface area (Å²) in [4.78, 5) is 0. The molecule has 0 aromatic carbocycles. The normalized spacial score (nSPS) is 34.5. The molecule has 76 valence electrons. The lowest BCUT2D eigenvalue weighted by Crippen LogP contribution is -2.34. The average Bonchev–Trinajstić information content (AvgIpc) is 2.18. The van der Waals surface area contributed by atoms with Crippen LogP contribution in [0.3, 0.4) is 0 Å². The van der Waals surface area contributed by atoms with Gasteiger partial charge in [-0.1, -0.05) is 19.9 Å². The molecule has 0 bridgehead atoms. The van der Waals surface area contributed by atoms with E-state index in [0.717, 1.165) is 31.8 Å². The van der Waals surface area contributed by atoms with Crippen LogP contribution in [0.15, 0.2) is 12.7 Å². The van der Waals surface area contributed by atoms with Gasteiger partial charge in [-0.25, -0.2) is 0 Å². The van der Waals surface area contributed by atoms with Crippen LogP contribution >= 0.6 is 0 Å². The molecule has 1 rings (SSSR count). The Kier molecular flexibility index (Phi) is 3.98. The maximum absolute atomic E-state index is 5.90. The highest BCUT2D eigenvalue weighted by Crippen LogP contribution is 2.35. The quantitative estimate of drug-likeness (QED) is 0.604. The van der Waals surface area contributed by atoms with Crippen molar-refractivity contribution in [2.75, 3.05) is 6.61 Å². The van der Waals surface area contributed by atoms with E-state index in [1.807, 2.05) is 6.08 Å². The van der Waals surface area contributed by atoms with Crippen molar-refractivity contribution in [2.45, 2.75) is 51.6 Å². The van der Waals surface area contributed by atoms with E-state index in [4.69, 9.17) is 4.74 Å². The van der Waals surface area contributed by atoms with Crippen molar-refractivity contribution in [2.24, 2.45) is 5.92 Å². The monoisotopic (exact) mass is 182 g/mol. The molecule has 0 spiro atoms. The average molecular weight is 182 g/mol. The van der Waals surface area contributed by atoms with Crippen LogP contribution < -0.4 is 0 Å². The van der Waals surface area contributed by atoms with Crippen LogP contribution in [-0.4, -0.2) is 12.2 Å². The summed E-state index contributed by atoms with van der Waals surface area (Å²) in [7, 11) is 0. The standard InChI is InChI=1S/C12H22O/c1-4-10-13-12(5-2)8-6-11(3)7-9-12/h5,11H,2,4,6-10H2,1,3H3. The Hall–Kier alpha value is -0.300. The fourth-order valence-electron chi connectivity index (χ4n) is 1.96. The minimum absolute atomic E-state index is 0.0164. The molecule has 1 saturated carbocycles. The van der Waals surface area contributed by atoms with Gasteiger partial charge in [0.15, 0.2) is 0 Å². The van der Waals surface area contributed by atoms with E-state index < -0.39 is 0 Å². The zero-order chi connectivity index (χ0) is 9.73. The molecule has 0 saturated heterocycles. The summed E-state index contributed by atoms with van der Waals surface area (Å²) < 4.78 is 5.90. The molecule has 0 aliphatic heterocycles. The Labute approximate surface area is 82.2 Å². The van der Waals surface area contributed by atoms with Gasteiger partial charge in [-0.3, -0.25) is 0 Å². The topological polar surface area (TPSA) is 9.23 Å². The lowest BCUT2D eigenvalue weighted by atomic mass is 9.79. The Bertz CT molecular complexity index is 149. The van der Waals surface area contributed by atoms with Crippen LogP contribution in [0.25, 0.3) is 0 Å². The van der Waals surface area contributed by atoms with E-state index in [2.05, 4.69) is 20.4 Å². The molecule has 0 aromatic rings. The van der Waals surface area contributed by atoms with Gasteiger partial charge in [-0.2, -0.15) is 0 Å². The van der Waals surface area contributed by atoms with E-state index in [1.54, 1.807) is 0 Å². The molecular weight excluding hydrogens is 160 g/mol. The predicted octanol–water partition coefficient (Wildman–Crippen LogP) is 3.55. The smallest absolute Gasteiger partial charge is 0.0860 e. The molecule has 1 aliphatic rings. The van der Waals surface area contributed by atoms with Gasteiger partial charge < -0.3 is 4.74 Å². The molecule has 1 fully saturated rings. The lowest BCUT2D eigenvalue weighted by molar-refractivity contribution is -0.0404. The van der Waals surface area contributed by atoms with Crippen molar-refractivity contribution in [3.8, 4) is 0 Å². The lowest BCUT2D eigenvalue weighted by Gasteiger charge is -2.36. The third kappa shape index (κ3) is 2.84. The predicted molar refractivity (Wildman–Crippen MR) is 56.8 cm³/mol. The molecule has 0 heterocycles. The van der Waals surface area contributed by atoms with Crippen LogP contribution in [0.2, 0.25) is 0 Å². The van der Waals surface area contributed by atoms with Gasteiger partial charge in [-0.15, -0.1) is 6.58 Å². The molecule has 0 amide bonds. The molecule has 0 atom stereocenters. The van der Waals surface area contributed by atoms with Gasteiger partial charge in [0.25, 0.3) is 0 Å². The van der Waals surface area contributed by atoms with Crippen molar-refractivity contribution in [3.63, 3.8) is 0 Å². The zero-order valence-corrected chi connectivity index (χ0v) is 9.01. The summed E-state index contributed by atoms with van der Waals surface area (Å²) in [6.45, 7) is 9.27. The van der Waals surface area contributed by atoms with Gasteiger partial charge in [-0.05, 0) is 38.0 Å². The Morgan fingerprint density at radius 1 is 1.46 bits per heavy atom.